The first kappa shape index (κ1) is 13.8. The van der Waals surface area contributed by atoms with Gasteiger partial charge in [0.15, 0.2) is 0 Å². The molecule has 0 aromatic rings. The Hall–Kier alpha value is -0.650. The molecule has 0 bridgehead atoms. The van der Waals surface area contributed by atoms with E-state index in [-0.39, 0.29) is 5.41 Å². The number of carbonyl (C=O) groups excluding carboxylic acids is 1. The van der Waals surface area contributed by atoms with Gasteiger partial charge in [0.05, 0.1) is 5.41 Å². The summed E-state index contributed by atoms with van der Waals surface area (Å²) in [7, 11) is 3.82. The summed E-state index contributed by atoms with van der Waals surface area (Å²) in [5.41, 5.74) is -0.216. The van der Waals surface area contributed by atoms with Gasteiger partial charge in [0, 0.05) is 46.4 Å². The monoisotopic (exact) mass is 255 g/mol. The first-order valence-corrected chi connectivity index (χ1v) is 6.85. The van der Waals surface area contributed by atoms with Crippen molar-refractivity contribution in [3.8, 4) is 0 Å². The van der Waals surface area contributed by atoms with E-state index in [1.807, 2.05) is 4.90 Å². The van der Waals surface area contributed by atoms with Gasteiger partial charge in [-0.05, 0) is 26.4 Å². The third kappa shape index (κ3) is 2.84. The van der Waals surface area contributed by atoms with E-state index in [0.29, 0.717) is 12.5 Å². The molecule has 0 radical (unpaired) electrons. The Labute approximate surface area is 109 Å². The van der Waals surface area contributed by atoms with Crippen LogP contribution in [0.2, 0.25) is 0 Å². The lowest BCUT2D eigenvalue weighted by Gasteiger charge is -2.38. The van der Waals surface area contributed by atoms with Crippen LogP contribution >= 0.6 is 0 Å². The summed E-state index contributed by atoms with van der Waals surface area (Å²) >= 11 is 0. The van der Waals surface area contributed by atoms with Crippen LogP contribution in [0.25, 0.3) is 0 Å². The van der Waals surface area contributed by atoms with Crippen LogP contribution in [0, 0.1) is 5.41 Å². The summed E-state index contributed by atoms with van der Waals surface area (Å²) in [5, 5.41) is 3.34. The molecule has 5 heteroatoms. The average Bonchev–Trinajstić information content (AvgIpc) is 2.86. The molecule has 18 heavy (non-hydrogen) atoms. The molecule has 1 unspecified atom stereocenters. The molecule has 1 amide bonds. The number of amides is 1. The molecule has 5 nitrogen and oxygen atoms in total. The fourth-order valence-corrected chi connectivity index (χ4v) is 2.89. The van der Waals surface area contributed by atoms with Gasteiger partial charge in [-0.3, -0.25) is 4.79 Å². The minimum absolute atomic E-state index is 0.216. The van der Waals surface area contributed by atoms with Crippen LogP contribution in [-0.4, -0.2) is 75.7 Å². The molecule has 104 valence electrons. The molecule has 0 aliphatic carbocycles. The van der Waals surface area contributed by atoms with Crippen molar-refractivity contribution in [2.75, 3.05) is 60.0 Å². The fourth-order valence-electron chi connectivity index (χ4n) is 2.89. The van der Waals surface area contributed by atoms with Gasteiger partial charge < -0.3 is 19.9 Å². The SMILES string of the molecule is COCCC1(C(=O)N2CCN(C)CC2)CCNC1. The molecule has 2 heterocycles. The summed E-state index contributed by atoms with van der Waals surface area (Å²) in [6.45, 7) is 6.12. The predicted octanol–water partition coefficient (Wildman–Crippen LogP) is -0.223. The smallest absolute Gasteiger partial charge is 0.230 e. The van der Waals surface area contributed by atoms with Crippen molar-refractivity contribution in [1.82, 2.24) is 15.1 Å². The van der Waals surface area contributed by atoms with Crippen LogP contribution in [0.5, 0.6) is 0 Å². The topological polar surface area (TPSA) is 44.8 Å². The molecule has 0 aromatic heterocycles. The maximum atomic E-state index is 12.7. The van der Waals surface area contributed by atoms with Gasteiger partial charge in [0.1, 0.15) is 0 Å². The number of nitrogens with zero attached hydrogens (tertiary/aromatic N) is 2. The van der Waals surface area contributed by atoms with Crippen LogP contribution < -0.4 is 5.32 Å². The van der Waals surface area contributed by atoms with Crippen molar-refractivity contribution < 1.29 is 9.53 Å². The number of hydrogen-bond acceptors (Lipinski definition) is 4. The Morgan fingerprint density at radius 2 is 2.06 bits per heavy atom. The highest BCUT2D eigenvalue weighted by atomic mass is 16.5. The predicted molar refractivity (Wildman–Crippen MR) is 70.5 cm³/mol. The highest BCUT2D eigenvalue weighted by Crippen LogP contribution is 2.32. The molecule has 2 fully saturated rings. The largest absolute Gasteiger partial charge is 0.385 e. The quantitative estimate of drug-likeness (QED) is 0.754. The van der Waals surface area contributed by atoms with Crippen LogP contribution in [0.4, 0.5) is 0 Å². The second kappa shape index (κ2) is 5.99. The van der Waals surface area contributed by atoms with Crippen LogP contribution in [0.15, 0.2) is 0 Å². The van der Waals surface area contributed by atoms with Crippen molar-refractivity contribution in [2.45, 2.75) is 12.8 Å². The number of carbonyl (C=O) groups is 1. The van der Waals surface area contributed by atoms with E-state index in [0.717, 1.165) is 52.1 Å². The number of piperazine rings is 1. The molecule has 1 atom stereocenters. The van der Waals surface area contributed by atoms with Gasteiger partial charge in [-0.25, -0.2) is 0 Å². The van der Waals surface area contributed by atoms with Crippen molar-refractivity contribution in [1.29, 1.82) is 0 Å². The highest BCUT2D eigenvalue weighted by Gasteiger charge is 2.43. The van der Waals surface area contributed by atoms with E-state index in [1.165, 1.54) is 0 Å². The Morgan fingerprint density at radius 1 is 1.33 bits per heavy atom. The lowest BCUT2D eigenvalue weighted by molar-refractivity contribution is -0.143. The van der Waals surface area contributed by atoms with E-state index < -0.39 is 0 Å². The lowest BCUT2D eigenvalue weighted by Crippen LogP contribution is -2.53. The van der Waals surface area contributed by atoms with Crippen molar-refractivity contribution >= 4 is 5.91 Å². The summed E-state index contributed by atoms with van der Waals surface area (Å²) in [5.74, 6) is 0.331. The van der Waals surface area contributed by atoms with E-state index in [2.05, 4.69) is 17.3 Å². The van der Waals surface area contributed by atoms with Gasteiger partial charge in [-0.15, -0.1) is 0 Å². The molecule has 0 spiro atoms. The summed E-state index contributed by atoms with van der Waals surface area (Å²) in [6.07, 6.45) is 1.78. The van der Waals surface area contributed by atoms with E-state index in [4.69, 9.17) is 4.74 Å². The van der Waals surface area contributed by atoms with E-state index in [1.54, 1.807) is 7.11 Å². The van der Waals surface area contributed by atoms with E-state index in [9.17, 15) is 4.79 Å². The molecule has 0 aromatic carbocycles. The fraction of sp³-hybridized carbons (Fsp3) is 0.923. The van der Waals surface area contributed by atoms with E-state index >= 15 is 0 Å². The molecule has 1 N–H and O–H groups in total. The van der Waals surface area contributed by atoms with Gasteiger partial charge in [-0.1, -0.05) is 0 Å². The third-order valence-electron chi connectivity index (χ3n) is 4.27. The summed E-state index contributed by atoms with van der Waals surface area (Å²) in [6, 6.07) is 0. The second-order valence-electron chi connectivity index (χ2n) is 5.55. The zero-order valence-corrected chi connectivity index (χ0v) is 11.6. The molecule has 2 aliphatic heterocycles. The summed E-state index contributed by atoms with van der Waals surface area (Å²) in [4.78, 5) is 17.1. The average molecular weight is 255 g/mol. The number of hydrogen-bond donors (Lipinski definition) is 1. The first-order chi connectivity index (χ1) is 8.68. The molecular formula is C13H25N3O2. The normalized spacial score (nSPS) is 29.8. The Balaban J connectivity index is 1.99. The lowest BCUT2D eigenvalue weighted by atomic mass is 9.82. The second-order valence-corrected chi connectivity index (χ2v) is 5.55. The zero-order chi connectivity index (χ0) is 13.0. The van der Waals surface area contributed by atoms with Crippen LogP contribution in [-0.2, 0) is 9.53 Å². The standard InChI is InChI=1S/C13H25N3O2/c1-15-6-8-16(9-7-15)12(17)13(4-10-18-2)3-5-14-11-13/h14H,3-11H2,1-2H3. The molecular weight excluding hydrogens is 230 g/mol. The van der Waals surface area contributed by atoms with Crippen molar-refractivity contribution in [2.24, 2.45) is 5.41 Å². The van der Waals surface area contributed by atoms with Gasteiger partial charge in [0.2, 0.25) is 5.91 Å². The number of likely N-dealkylation sites (N-methyl/N-ethyl adjacent to an activating group) is 1. The van der Waals surface area contributed by atoms with Gasteiger partial charge in [-0.2, -0.15) is 0 Å². The molecule has 2 rings (SSSR count). The number of rotatable bonds is 4. The first-order valence-electron chi connectivity index (χ1n) is 6.85. The Kier molecular flexibility index (Phi) is 4.59. The van der Waals surface area contributed by atoms with Crippen molar-refractivity contribution in [3.63, 3.8) is 0 Å². The zero-order valence-electron chi connectivity index (χ0n) is 11.6. The van der Waals surface area contributed by atoms with Crippen LogP contribution in [0.3, 0.4) is 0 Å². The minimum Gasteiger partial charge on any atom is -0.385 e. The van der Waals surface area contributed by atoms with Crippen molar-refractivity contribution in [3.05, 3.63) is 0 Å². The minimum atomic E-state index is -0.216. The van der Waals surface area contributed by atoms with Gasteiger partial charge in [0.25, 0.3) is 0 Å². The number of ether oxygens (including phenoxy) is 1. The Morgan fingerprint density at radius 3 is 2.61 bits per heavy atom. The maximum absolute atomic E-state index is 12.7. The molecule has 2 saturated heterocycles. The summed E-state index contributed by atoms with van der Waals surface area (Å²) < 4.78 is 5.18. The number of methoxy groups -OCH3 is 1. The molecule has 0 saturated carbocycles. The molecule has 2 aliphatic rings. The van der Waals surface area contributed by atoms with Crippen LogP contribution in [0.1, 0.15) is 12.8 Å². The van der Waals surface area contributed by atoms with Gasteiger partial charge >= 0.3 is 0 Å². The third-order valence-corrected chi connectivity index (χ3v) is 4.27. The number of nitrogens with one attached hydrogen (secondary N) is 1. The highest BCUT2D eigenvalue weighted by molar-refractivity contribution is 5.83. The Bertz CT molecular complexity index is 282. The maximum Gasteiger partial charge on any atom is 0.230 e.